The van der Waals surface area contributed by atoms with Crippen LogP contribution in [-0.4, -0.2) is 29.1 Å². The minimum Gasteiger partial charge on any atom is -0.481 e. The molecular formula is C12H14ClNO4. The number of halogens is 1. The maximum absolute atomic E-state index is 11.6. The van der Waals surface area contributed by atoms with Crippen LogP contribution in [-0.2, 0) is 9.59 Å². The first-order valence-corrected chi connectivity index (χ1v) is 5.73. The number of hydrogen-bond donors (Lipinski definition) is 2. The second kappa shape index (κ2) is 6.26. The Morgan fingerprint density at radius 1 is 1.39 bits per heavy atom. The van der Waals surface area contributed by atoms with E-state index in [9.17, 15) is 9.59 Å². The van der Waals surface area contributed by atoms with Crippen molar-refractivity contribution >= 4 is 23.5 Å². The predicted molar refractivity (Wildman–Crippen MR) is 66.8 cm³/mol. The maximum atomic E-state index is 11.6. The summed E-state index contributed by atoms with van der Waals surface area (Å²) < 4.78 is 5.35. The van der Waals surface area contributed by atoms with Crippen LogP contribution in [0.2, 0.25) is 5.02 Å². The van der Waals surface area contributed by atoms with Crippen molar-refractivity contribution in [2.45, 2.75) is 26.0 Å². The van der Waals surface area contributed by atoms with Crippen LogP contribution in [0.4, 0.5) is 0 Å². The van der Waals surface area contributed by atoms with Gasteiger partial charge in [0.25, 0.3) is 5.91 Å². The minimum atomic E-state index is -1.10. The number of carboxylic acids is 1. The minimum absolute atomic E-state index is 0.452. The molecule has 0 fully saturated rings. The summed E-state index contributed by atoms with van der Waals surface area (Å²) in [6.45, 7) is 2.91. The number of amides is 1. The summed E-state index contributed by atoms with van der Waals surface area (Å²) in [5.74, 6) is -1.14. The molecule has 1 aromatic carbocycles. The Bertz CT molecular complexity index is 449. The number of hydrogen-bond acceptors (Lipinski definition) is 3. The van der Waals surface area contributed by atoms with Crippen LogP contribution in [0.5, 0.6) is 5.75 Å². The highest BCUT2D eigenvalue weighted by molar-refractivity contribution is 6.30. The summed E-state index contributed by atoms with van der Waals surface area (Å²) in [4.78, 5) is 22.2. The van der Waals surface area contributed by atoms with E-state index in [1.165, 1.54) is 13.8 Å². The Morgan fingerprint density at radius 2 is 2.06 bits per heavy atom. The molecule has 1 unspecified atom stereocenters. The van der Waals surface area contributed by atoms with Crippen molar-refractivity contribution in [2.75, 3.05) is 0 Å². The molecule has 0 aliphatic rings. The second-order valence-corrected chi connectivity index (χ2v) is 4.22. The number of nitrogens with one attached hydrogen (secondary N) is 1. The van der Waals surface area contributed by atoms with Crippen LogP contribution in [0.3, 0.4) is 0 Å². The van der Waals surface area contributed by atoms with Crippen molar-refractivity contribution in [1.82, 2.24) is 5.32 Å². The van der Waals surface area contributed by atoms with Crippen LogP contribution in [0, 0.1) is 0 Å². The molecule has 0 radical (unpaired) electrons. The lowest BCUT2D eigenvalue weighted by Gasteiger charge is -2.16. The Labute approximate surface area is 110 Å². The number of ether oxygens (including phenoxy) is 1. The Morgan fingerprint density at radius 3 is 2.61 bits per heavy atom. The van der Waals surface area contributed by atoms with Gasteiger partial charge >= 0.3 is 5.97 Å². The van der Waals surface area contributed by atoms with Crippen molar-refractivity contribution in [3.8, 4) is 5.75 Å². The molecule has 0 aliphatic heterocycles. The molecule has 0 spiro atoms. The van der Waals surface area contributed by atoms with Gasteiger partial charge in [0.1, 0.15) is 11.8 Å². The molecule has 0 aliphatic carbocycles. The van der Waals surface area contributed by atoms with Crippen LogP contribution in [0.25, 0.3) is 0 Å². The zero-order valence-corrected chi connectivity index (χ0v) is 10.8. The molecular weight excluding hydrogens is 258 g/mol. The zero-order valence-electron chi connectivity index (χ0n) is 10.0. The summed E-state index contributed by atoms with van der Waals surface area (Å²) >= 11 is 5.78. The first-order chi connectivity index (χ1) is 8.40. The van der Waals surface area contributed by atoms with Gasteiger partial charge in [0.15, 0.2) is 6.10 Å². The molecule has 0 aromatic heterocycles. The molecule has 0 saturated heterocycles. The van der Waals surface area contributed by atoms with Gasteiger partial charge in [-0.2, -0.15) is 0 Å². The van der Waals surface area contributed by atoms with Crippen molar-refractivity contribution in [2.24, 2.45) is 0 Å². The highest BCUT2D eigenvalue weighted by atomic mass is 35.5. The van der Waals surface area contributed by atoms with E-state index in [2.05, 4.69) is 5.32 Å². The molecule has 6 heteroatoms. The number of rotatable bonds is 5. The molecule has 2 N–H and O–H groups in total. The van der Waals surface area contributed by atoms with Gasteiger partial charge in [-0.05, 0) is 32.0 Å². The van der Waals surface area contributed by atoms with Gasteiger partial charge in [0, 0.05) is 5.02 Å². The second-order valence-electron chi connectivity index (χ2n) is 3.79. The van der Waals surface area contributed by atoms with E-state index in [4.69, 9.17) is 21.4 Å². The normalized spacial score (nSPS) is 13.5. The van der Waals surface area contributed by atoms with E-state index in [0.717, 1.165) is 0 Å². The van der Waals surface area contributed by atoms with Gasteiger partial charge in [0.05, 0.1) is 0 Å². The van der Waals surface area contributed by atoms with E-state index in [1.54, 1.807) is 24.3 Å². The number of benzene rings is 1. The third kappa shape index (κ3) is 4.25. The number of carbonyl (C=O) groups excluding carboxylic acids is 1. The van der Waals surface area contributed by atoms with Gasteiger partial charge in [-0.1, -0.05) is 17.7 Å². The van der Waals surface area contributed by atoms with E-state index in [0.29, 0.717) is 10.8 Å². The fourth-order valence-electron chi connectivity index (χ4n) is 1.19. The molecule has 1 aromatic rings. The summed E-state index contributed by atoms with van der Waals surface area (Å²) in [7, 11) is 0. The zero-order chi connectivity index (χ0) is 13.7. The smallest absolute Gasteiger partial charge is 0.325 e. The highest BCUT2D eigenvalue weighted by Crippen LogP contribution is 2.18. The lowest BCUT2D eigenvalue weighted by Crippen LogP contribution is -2.44. The quantitative estimate of drug-likeness (QED) is 0.855. The highest BCUT2D eigenvalue weighted by Gasteiger charge is 2.20. The molecule has 98 valence electrons. The third-order valence-corrected chi connectivity index (χ3v) is 2.44. The predicted octanol–water partition coefficient (Wildman–Crippen LogP) is 1.70. The molecule has 5 nitrogen and oxygen atoms in total. The molecule has 1 rings (SSSR count). The monoisotopic (exact) mass is 271 g/mol. The SMILES string of the molecule is CC(Oc1cccc(Cl)c1)C(=O)N[C@@H](C)C(=O)O. The number of aliphatic carboxylic acids is 1. The van der Waals surface area contributed by atoms with Gasteiger partial charge < -0.3 is 15.2 Å². The molecule has 0 heterocycles. The Kier molecular flexibility index (Phi) is 4.97. The average Bonchev–Trinajstić information content (AvgIpc) is 2.28. The molecule has 2 atom stereocenters. The summed E-state index contributed by atoms with van der Waals surface area (Å²) in [5, 5.41) is 11.5. The van der Waals surface area contributed by atoms with E-state index >= 15 is 0 Å². The van der Waals surface area contributed by atoms with Crippen molar-refractivity contribution in [3.05, 3.63) is 29.3 Å². The van der Waals surface area contributed by atoms with Gasteiger partial charge in [-0.25, -0.2) is 0 Å². The lowest BCUT2D eigenvalue weighted by atomic mass is 10.3. The maximum Gasteiger partial charge on any atom is 0.325 e. The largest absolute Gasteiger partial charge is 0.481 e. The Balaban J connectivity index is 2.57. The molecule has 18 heavy (non-hydrogen) atoms. The van der Waals surface area contributed by atoms with Gasteiger partial charge in [-0.15, -0.1) is 0 Å². The third-order valence-electron chi connectivity index (χ3n) is 2.21. The number of carbonyl (C=O) groups is 2. The lowest BCUT2D eigenvalue weighted by molar-refractivity contribution is -0.142. The topological polar surface area (TPSA) is 75.6 Å². The van der Waals surface area contributed by atoms with Crippen molar-refractivity contribution in [3.63, 3.8) is 0 Å². The summed E-state index contributed by atoms with van der Waals surface area (Å²) in [6, 6.07) is 5.67. The fraction of sp³-hybridized carbons (Fsp3) is 0.333. The van der Waals surface area contributed by atoms with Gasteiger partial charge in [0.2, 0.25) is 0 Å². The van der Waals surface area contributed by atoms with E-state index in [1.807, 2.05) is 0 Å². The van der Waals surface area contributed by atoms with Crippen LogP contribution in [0.1, 0.15) is 13.8 Å². The fourth-order valence-corrected chi connectivity index (χ4v) is 1.37. The van der Waals surface area contributed by atoms with Crippen LogP contribution >= 0.6 is 11.6 Å². The summed E-state index contributed by atoms with van der Waals surface area (Å²) in [6.07, 6.45) is -0.801. The standard InChI is InChI=1S/C12H14ClNO4/c1-7(12(16)17)14-11(15)8(2)18-10-5-3-4-9(13)6-10/h3-8H,1-2H3,(H,14,15)(H,16,17)/t7-,8?/m0/s1. The first-order valence-electron chi connectivity index (χ1n) is 5.35. The summed E-state index contributed by atoms with van der Waals surface area (Å²) in [5.41, 5.74) is 0. The van der Waals surface area contributed by atoms with E-state index in [-0.39, 0.29) is 0 Å². The Hall–Kier alpha value is -1.75. The molecule has 0 bridgehead atoms. The van der Waals surface area contributed by atoms with Crippen LogP contribution < -0.4 is 10.1 Å². The first kappa shape index (κ1) is 14.3. The van der Waals surface area contributed by atoms with Crippen LogP contribution in [0.15, 0.2) is 24.3 Å². The van der Waals surface area contributed by atoms with Crippen molar-refractivity contribution in [1.29, 1.82) is 0 Å². The number of carboxylic acid groups (broad SMARTS) is 1. The van der Waals surface area contributed by atoms with Gasteiger partial charge in [-0.3, -0.25) is 9.59 Å². The molecule has 0 saturated carbocycles. The van der Waals surface area contributed by atoms with Crippen molar-refractivity contribution < 1.29 is 19.4 Å². The molecule has 1 amide bonds. The van der Waals surface area contributed by atoms with E-state index < -0.39 is 24.0 Å². The average molecular weight is 272 g/mol.